The Kier molecular flexibility index (Phi) is 3.80. The lowest BCUT2D eigenvalue weighted by molar-refractivity contribution is 0.153. The molecular formula is C18H16N2O2. The van der Waals surface area contributed by atoms with Crippen molar-refractivity contribution < 1.29 is 9.53 Å². The Labute approximate surface area is 129 Å². The molecule has 0 spiro atoms. The number of rotatable bonds is 2. The van der Waals surface area contributed by atoms with E-state index in [-0.39, 0.29) is 0 Å². The van der Waals surface area contributed by atoms with Crippen LogP contribution in [0.2, 0.25) is 0 Å². The van der Waals surface area contributed by atoms with Gasteiger partial charge in [0, 0.05) is 5.56 Å². The number of carbonyl (C=O) groups is 1. The maximum atomic E-state index is 12.3. The molecule has 2 aromatic carbocycles. The summed E-state index contributed by atoms with van der Waals surface area (Å²) in [6.07, 6.45) is 3.92. The van der Waals surface area contributed by atoms with Crippen LogP contribution in [0.5, 0.6) is 0 Å². The Morgan fingerprint density at radius 1 is 1.32 bits per heavy atom. The first-order valence-electron chi connectivity index (χ1n) is 7.32. The molecular weight excluding hydrogens is 276 g/mol. The summed E-state index contributed by atoms with van der Waals surface area (Å²) in [7, 11) is 0. The van der Waals surface area contributed by atoms with E-state index in [2.05, 4.69) is 6.07 Å². The van der Waals surface area contributed by atoms with E-state index < -0.39 is 12.1 Å². The third kappa shape index (κ3) is 2.31. The standard InChI is InChI=1S/C18H16N2O2/c1-2-11-22-18(21)20-14(12-19)8-9-16-15-6-4-3-5-13(15)7-10-17(16)20/h3-10,14H,2,11H2,1H3. The number of ether oxygens (including phenoxy) is 1. The monoisotopic (exact) mass is 292 g/mol. The lowest BCUT2D eigenvalue weighted by Crippen LogP contribution is -2.41. The van der Waals surface area contributed by atoms with Gasteiger partial charge in [-0.1, -0.05) is 43.3 Å². The smallest absolute Gasteiger partial charge is 0.415 e. The number of nitrogens with zero attached hydrogens (tertiary/aromatic N) is 2. The summed E-state index contributed by atoms with van der Waals surface area (Å²) in [4.78, 5) is 13.8. The van der Waals surface area contributed by atoms with Gasteiger partial charge in [-0.3, -0.25) is 4.90 Å². The molecule has 0 saturated carbocycles. The topological polar surface area (TPSA) is 53.3 Å². The Balaban J connectivity index is 2.11. The molecule has 1 aliphatic rings. The van der Waals surface area contributed by atoms with Crippen LogP contribution in [0.15, 0.2) is 42.5 Å². The number of hydrogen-bond donors (Lipinski definition) is 0. The summed E-state index contributed by atoms with van der Waals surface area (Å²) >= 11 is 0. The minimum Gasteiger partial charge on any atom is -0.449 e. The normalized spacial score (nSPS) is 16.2. The first-order chi connectivity index (χ1) is 10.8. The summed E-state index contributed by atoms with van der Waals surface area (Å²) in [5.74, 6) is 0. The molecule has 0 N–H and O–H groups in total. The molecule has 0 bridgehead atoms. The van der Waals surface area contributed by atoms with E-state index in [9.17, 15) is 10.1 Å². The first kappa shape index (κ1) is 14.2. The van der Waals surface area contributed by atoms with Crippen LogP contribution in [0.1, 0.15) is 18.9 Å². The quantitative estimate of drug-likeness (QED) is 0.837. The van der Waals surface area contributed by atoms with Gasteiger partial charge < -0.3 is 4.74 Å². The van der Waals surface area contributed by atoms with Crippen LogP contribution in [0.4, 0.5) is 10.5 Å². The molecule has 22 heavy (non-hydrogen) atoms. The van der Waals surface area contributed by atoms with Crippen LogP contribution in [-0.4, -0.2) is 18.7 Å². The zero-order valence-corrected chi connectivity index (χ0v) is 12.3. The van der Waals surface area contributed by atoms with Gasteiger partial charge in [-0.2, -0.15) is 5.26 Å². The minimum absolute atomic E-state index is 0.347. The number of amides is 1. The number of anilines is 1. The molecule has 110 valence electrons. The maximum absolute atomic E-state index is 12.3. The number of hydrogen-bond acceptors (Lipinski definition) is 3. The van der Waals surface area contributed by atoms with Gasteiger partial charge >= 0.3 is 6.09 Å². The predicted octanol–water partition coefficient (Wildman–Crippen LogP) is 4.11. The fraction of sp³-hybridized carbons (Fsp3) is 0.222. The first-order valence-corrected chi connectivity index (χ1v) is 7.32. The van der Waals surface area contributed by atoms with E-state index in [1.807, 2.05) is 49.4 Å². The van der Waals surface area contributed by atoms with Crippen LogP contribution < -0.4 is 4.90 Å². The Morgan fingerprint density at radius 2 is 2.14 bits per heavy atom. The fourth-order valence-corrected chi connectivity index (χ4v) is 2.66. The molecule has 1 unspecified atom stereocenters. The fourth-order valence-electron chi connectivity index (χ4n) is 2.66. The van der Waals surface area contributed by atoms with Crippen molar-refractivity contribution in [2.45, 2.75) is 19.4 Å². The second-order valence-corrected chi connectivity index (χ2v) is 5.14. The van der Waals surface area contributed by atoms with E-state index in [1.165, 1.54) is 4.90 Å². The van der Waals surface area contributed by atoms with Crippen molar-refractivity contribution in [2.24, 2.45) is 0 Å². The molecule has 1 atom stereocenters. The molecule has 3 rings (SSSR count). The highest BCUT2D eigenvalue weighted by Crippen LogP contribution is 2.35. The van der Waals surface area contributed by atoms with Crippen LogP contribution in [0, 0.1) is 11.3 Å². The average molecular weight is 292 g/mol. The molecule has 0 saturated heterocycles. The van der Waals surface area contributed by atoms with Gasteiger partial charge in [0.2, 0.25) is 0 Å². The van der Waals surface area contributed by atoms with Crippen molar-refractivity contribution in [1.82, 2.24) is 0 Å². The summed E-state index contributed by atoms with van der Waals surface area (Å²) in [6, 6.07) is 13.3. The van der Waals surface area contributed by atoms with Gasteiger partial charge in [0.1, 0.15) is 6.04 Å². The highest BCUT2D eigenvalue weighted by molar-refractivity contribution is 6.03. The van der Waals surface area contributed by atoms with E-state index in [1.54, 1.807) is 6.08 Å². The van der Waals surface area contributed by atoms with Crippen LogP contribution >= 0.6 is 0 Å². The number of nitriles is 1. The molecule has 0 fully saturated rings. The van der Waals surface area contributed by atoms with E-state index in [0.29, 0.717) is 12.3 Å². The predicted molar refractivity (Wildman–Crippen MR) is 86.5 cm³/mol. The van der Waals surface area contributed by atoms with Gasteiger partial charge in [0.15, 0.2) is 0 Å². The maximum Gasteiger partial charge on any atom is 0.415 e. The third-order valence-electron chi connectivity index (χ3n) is 3.69. The molecule has 4 nitrogen and oxygen atoms in total. The number of fused-ring (bicyclic) bond motifs is 3. The lowest BCUT2D eigenvalue weighted by atomic mass is 9.97. The van der Waals surface area contributed by atoms with Gasteiger partial charge in [-0.05, 0) is 29.3 Å². The number of carbonyl (C=O) groups excluding carboxylic acids is 1. The summed E-state index contributed by atoms with van der Waals surface area (Å²) in [5.41, 5.74) is 1.66. The van der Waals surface area contributed by atoms with E-state index in [4.69, 9.17) is 4.74 Å². The van der Waals surface area contributed by atoms with Crippen LogP contribution in [0.25, 0.3) is 16.8 Å². The van der Waals surface area contributed by atoms with Crippen molar-refractivity contribution in [1.29, 1.82) is 5.26 Å². The van der Waals surface area contributed by atoms with Gasteiger partial charge in [-0.25, -0.2) is 4.79 Å². The van der Waals surface area contributed by atoms with Crippen molar-refractivity contribution >= 4 is 28.6 Å². The molecule has 1 heterocycles. The van der Waals surface area contributed by atoms with Crippen molar-refractivity contribution in [3.8, 4) is 6.07 Å². The lowest BCUT2D eigenvalue weighted by Gasteiger charge is -2.29. The Morgan fingerprint density at radius 3 is 2.91 bits per heavy atom. The summed E-state index contributed by atoms with van der Waals surface area (Å²) in [5, 5.41) is 11.5. The molecule has 1 aliphatic heterocycles. The van der Waals surface area contributed by atoms with Crippen molar-refractivity contribution in [3.63, 3.8) is 0 Å². The van der Waals surface area contributed by atoms with Gasteiger partial charge in [-0.15, -0.1) is 0 Å². The number of benzene rings is 2. The van der Waals surface area contributed by atoms with E-state index in [0.717, 1.165) is 22.8 Å². The molecule has 0 aliphatic carbocycles. The highest BCUT2D eigenvalue weighted by Gasteiger charge is 2.29. The highest BCUT2D eigenvalue weighted by atomic mass is 16.6. The van der Waals surface area contributed by atoms with Crippen molar-refractivity contribution in [3.05, 3.63) is 48.0 Å². The molecule has 4 heteroatoms. The molecule has 0 aromatic heterocycles. The van der Waals surface area contributed by atoms with Gasteiger partial charge in [0.05, 0.1) is 18.4 Å². The Hall–Kier alpha value is -2.80. The average Bonchev–Trinajstić information content (AvgIpc) is 2.58. The van der Waals surface area contributed by atoms with E-state index >= 15 is 0 Å². The van der Waals surface area contributed by atoms with Crippen molar-refractivity contribution in [2.75, 3.05) is 11.5 Å². The summed E-state index contributed by atoms with van der Waals surface area (Å²) in [6.45, 7) is 2.28. The zero-order valence-electron chi connectivity index (χ0n) is 12.3. The second-order valence-electron chi connectivity index (χ2n) is 5.14. The molecule has 1 amide bonds. The summed E-state index contributed by atoms with van der Waals surface area (Å²) < 4.78 is 5.23. The van der Waals surface area contributed by atoms with Crippen LogP contribution in [0.3, 0.4) is 0 Å². The van der Waals surface area contributed by atoms with Gasteiger partial charge in [0.25, 0.3) is 0 Å². The Bertz CT molecular complexity index is 789. The third-order valence-corrected chi connectivity index (χ3v) is 3.69. The molecule has 2 aromatic rings. The van der Waals surface area contributed by atoms with Crippen LogP contribution in [-0.2, 0) is 4.74 Å². The minimum atomic E-state index is -0.641. The second kappa shape index (κ2) is 5.90. The zero-order chi connectivity index (χ0) is 15.5. The SMILES string of the molecule is CCCOC(=O)N1c2ccc3ccccc3c2C=CC1C#N. The molecule has 0 radical (unpaired) electrons. The largest absolute Gasteiger partial charge is 0.449 e.